The minimum atomic E-state index is 0.733. The zero-order valence-corrected chi connectivity index (χ0v) is 12.8. The van der Waals surface area contributed by atoms with Crippen LogP contribution in [0, 0.1) is 0 Å². The molecule has 0 spiro atoms. The van der Waals surface area contributed by atoms with Crippen molar-refractivity contribution >= 4 is 38.1 Å². The summed E-state index contributed by atoms with van der Waals surface area (Å²) in [4.78, 5) is 5.48. The molecule has 21 heavy (non-hydrogen) atoms. The number of aromatic nitrogens is 2. The van der Waals surface area contributed by atoms with Crippen molar-refractivity contribution in [1.82, 2.24) is 9.38 Å². The molecule has 0 unspecified atom stereocenters. The topological polar surface area (TPSA) is 26.5 Å². The zero-order chi connectivity index (χ0) is 14.4. The number of benzene rings is 2. The van der Waals surface area contributed by atoms with Crippen LogP contribution in [0.1, 0.15) is 0 Å². The van der Waals surface area contributed by atoms with Gasteiger partial charge < -0.3 is 4.74 Å². The van der Waals surface area contributed by atoms with Crippen molar-refractivity contribution < 1.29 is 4.74 Å². The van der Waals surface area contributed by atoms with Gasteiger partial charge in [0.1, 0.15) is 5.75 Å². The molecule has 4 aromatic rings. The fourth-order valence-electron chi connectivity index (χ4n) is 2.46. The molecule has 2 heterocycles. The van der Waals surface area contributed by atoms with Crippen LogP contribution in [0.5, 0.6) is 5.75 Å². The lowest BCUT2D eigenvalue weighted by atomic mass is 10.1. The Labute approximate surface area is 130 Å². The minimum absolute atomic E-state index is 0.733. The van der Waals surface area contributed by atoms with Gasteiger partial charge >= 0.3 is 0 Å². The van der Waals surface area contributed by atoms with Crippen molar-refractivity contribution in [3.8, 4) is 17.0 Å². The van der Waals surface area contributed by atoms with E-state index in [9.17, 15) is 0 Å². The van der Waals surface area contributed by atoms with Crippen molar-refractivity contribution in [3.05, 3.63) is 53.7 Å². The molecule has 2 aromatic heterocycles. The van der Waals surface area contributed by atoms with Crippen LogP contribution < -0.4 is 4.74 Å². The third-order valence-electron chi connectivity index (χ3n) is 3.48. The molecular weight excluding hydrogens is 304 g/mol. The number of hydrogen-bond acceptors (Lipinski definition) is 3. The summed E-state index contributed by atoms with van der Waals surface area (Å²) in [6.07, 6.45) is 1.90. The summed E-state index contributed by atoms with van der Waals surface area (Å²) in [6, 6.07) is 13.9. The second-order valence-electron chi connectivity index (χ2n) is 4.70. The molecule has 0 atom stereocenters. The molecule has 0 aliphatic carbocycles. The van der Waals surface area contributed by atoms with E-state index in [1.54, 1.807) is 18.4 Å². The number of halogens is 1. The van der Waals surface area contributed by atoms with E-state index in [2.05, 4.69) is 9.38 Å². The molecule has 0 aliphatic rings. The molecule has 0 amide bonds. The van der Waals surface area contributed by atoms with Gasteiger partial charge in [0.25, 0.3) is 0 Å². The maximum Gasteiger partial charge on any atom is 0.195 e. The predicted octanol–water partition coefficient (Wildman–Crippen LogP) is 4.88. The Morgan fingerprint density at radius 1 is 1.14 bits per heavy atom. The second kappa shape index (κ2) is 4.76. The zero-order valence-electron chi connectivity index (χ0n) is 11.2. The smallest absolute Gasteiger partial charge is 0.195 e. The van der Waals surface area contributed by atoms with Crippen LogP contribution in [-0.2, 0) is 0 Å². The van der Waals surface area contributed by atoms with Crippen molar-refractivity contribution in [2.45, 2.75) is 0 Å². The van der Waals surface area contributed by atoms with Gasteiger partial charge in [-0.3, -0.25) is 4.40 Å². The van der Waals surface area contributed by atoms with Gasteiger partial charge in [-0.1, -0.05) is 22.9 Å². The van der Waals surface area contributed by atoms with Gasteiger partial charge in [0, 0.05) is 10.6 Å². The summed E-state index contributed by atoms with van der Waals surface area (Å²) < 4.78 is 8.53. The summed E-state index contributed by atoms with van der Waals surface area (Å²) in [5, 5.41) is 0.733. The van der Waals surface area contributed by atoms with Crippen LogP contribution in [0.15, 0.2) is 48.7 Å². The van der Waals surface area contributed by atoms with Crippen molar-refractivity contribution in [3.63, 3.8) is 0 Å². The van der Waals surface area contributed by atoms with Gasteiger partial charge in [0.2, 0.25) is 0 Å². The highest BCUT2D eigenvalue weighted by molar-refractivity contribution is 7.23. The largest absolute Gasteiger partial charge is 0.497 e. The van der Waals surface area contributed by atoms with Gasteiger partial charge in [-0.2, -0.15) is 0 Å². The number of nitrogens with zero attached hydrogens (tertiary/aromatic N) is 2. The van der Waals surface area contributed by atoms with Crippen molar-refractivity contribution in [2.75, 3.05) is 7.11 Å². The van der Waals surface area contributed by atoms with E-state index in [4.69, 9.17) is 16.3 Å². The lowest BCUT2D eigenvalue weighted by Gasteiger charge is -2.03. The molecule has 0 saturated carbocycles. The van der Waals surface area contributed by atoms with E-state index in [1.807, 2.05) is 48.7 Å². The first-order valence-electron chi connectivity index (χ1n) is 6.46. The molecule has 0 N–H and O–H groups in total. The summed E-state index contributed by atoms with van der Waals surface area (Å²) in [5.74, 6) is 0.845. The molecule has 0 aliphatic heterocycles. The van der Waals surface area contributed by atoms with E-state index in [0.29, 0.717) is 0 Å². The van der Waals surface area contributed by atoms with Crippen molar-refractivity contribution in [1.29, 1.82) is 0 Å². The Bertz CT molecular complexity index is 940. The molecule has 0 fully saturated rings. The quantitative estimate of drug-likeness (QED) is 0.527. The first kappa shape index (κ1) is 12.7. The van der Waals surface area contributed by atoms with Gasteiger partial charge in [-0.15, -0.1) is 0 Å². The number of fused-ring (bicyclic) bond motifs is 3. The van der Waals surface area contributed by atoms with Crippen LogP contribution in [0.25, 0.3) is 26.4 Å². The average molecular weight is 315 g/mol. The lowest BCUT2D eigenvalue weighted by Crippen LogP contribution is -1.87. The Morgan fingerprint density at radius 3 is 2.71 bits per heavy atom. The lowest BCUT2D eigenvalue weighted by molar-refractivity contribution is 0.415. The minimum Gasteiger partial charge on any atom is -0.497 e. The van der Waals surface area contributed by atoms with Crippen LogP contribution in [0.3, 0.4) is 0 Å². The van der Waals surface area contributed by atoms with Crippen LogP contribution in [-0.4, -0.2) is 16.5 Å². The van der Waals surface area contributed by atoms with Gasteiger partial charge in [0.05, 0.1) is 29.2 Å². The number of thiazole rings is 1. The summed E-state index contributed by atoms with van der Waals surface area (Å²) >= 11 is 7.80. The maximum absolute atomic E-state index is 6.14. The Kier molecular flexibility index (Phi) is 2.87. The number of methoxy groups -OCH3 is 1. The first-order chi connectivity index (χ1) is 10.3. The van der Waals surface area contributed by atoms with Crippen molar-refractivity contribution in [2.24, 2.45) is 0 Å². The van der Waals surface area contributed by atoms with E-state index in [0.717, 1.165) is 32.5 Å². The third kappa shape index (κ3) is 1.99. The number of hydrogen-bond donors (Lipinski definition) is 0. The Morgan fingerprint density at radius 2 is 1.95 bits per heavy atom. The fraction of sp³-hybridized carbons (Fsp3) is 0.0625. The van der Waals surface area contributed by atoms with E-state index in [1.165, 1.54) is 4.70 Å². The average Bonchev–Trinajstić information content (AvgIpc) is 3.06. The molecular formula is C16H11ClN2OS. The SMILES string of the molecule is COc1ccc(-c2cnc3sc4ccc(Cl)cc4n23)cc1. The maximum atomic E-state index is 6.14. The van der Waals surface area contributed by atoms with Crippen LogP contribution in [0.2, 0.25) is 5.02 Å². The second-order valence-corrected chi connectivity index (χ2v) is 6.15. The standard InChI is InChI=1S/C16H11ClN2OS/c1-20-12-5-2-10(3-6-12)14-9-18-16-19(14)13-8-11(17)4-7-15(13)21-16/h2-9H,1H3. The molecule has 0 radical (unpaired) electrons. The highest BCUT2D eigenvalue weighted by Gasteiger charge is 2.12. The van der Waals surface area contributed by atoms with Gasteiger partial charge in [-0.05, 0) is 42.5 Å². The summed E-state index contributed by atoms with van der Waals surface area (Å²) in [5.41, 5.74) is 3.25. The number of ether oxygens (including phenoxy) is 1. The van der Waals surface area contributed by atoms with Crippen LogP contribution in [0.4, 0.5) is 0 Å². The van der Waals surface area contributed by atoms with Gasteiger partial charge in [-0.25, -0.2) is 4.98 Å². The number of imidazole rings is 1. The fourth-order valence-corrected chi connectivity index (χ4v) is 3.60. The molecule has 0 saturated heterocycles. The van der Waals surface area contributed by atoms with E-state index in [-0.39, 0.29) is 0 Å². The Balaban J connectivity index is 1.99. The van der Waals surface area contributed by atoms with Crippen LogP contribution >= 0.6 is 22.9 Å². The molecule has 5 heteroatoms. The van der Waals surface area contributed by atoms with E-state index < -0.39 is 0 Å². The highest BCUT2D eigenvalue weighted by atomic mass is 35.5. The normalized spacial score (nSPS) is 11.3. The third-order valence-corrected chi connectivity index (χ3v) is 4.75. The molecule has 104 valence electrons. The molecule has 0 bridgehead atoms. The molecule has 2 aromatic carbocycles. The summed E-state index contributed by atoms with van der Waals surface area (Å²) in [6.45, 7) is 0. The van der Waals surface area contributed by atoms with E-state index >= 15 is 0 Å². The van der Waals surface area contributed by atoms with Gasteiger partial charge in [0.15, 0.2) is 4.96 Å². The summed E-state index contributed by atoms with van der Waals surface area (Å²) in [7, 11) is 1.67. The molecule has 4 rings (SSSR count). The monoisotopic (exact) mass is 314 g/mol. The predicted molar refractivity (Wildman–Crippen MR) is 87.6 cm³/mol. The number of rotatable bonds is 2. The Hall–Kier alpha value is -2.04. The molecule has 3 nitrogen and oxygen atoms in total. The first-order valence-corrected chi connectivity index (χ1v) is 7.65. The highest BCUT2D eigenvalue weighted by Crippen LogP contribution is 2.33.